The summed E-state index contributed by atoms with van der Waals surface area (Å²) >= 11 is 0. The fraction of sp³-hybridized carbons (Fsp3) is 0.123. The number of nitrogens with one attached hydrogen (secondary N) is 5. The molecule has 20 heteroatoms. The Bertz CT molecular complexity index is 4110. The number of benzene rings is 6. The van der Waals surface area contributed by atoms with Gasteiger partial charge in [-0.1, -0.05) is 108 Å². The first-order valence-electron chi connectivity index (χ1n) is 26.6. The number of nitrogen functional groups attached to an aromatic ring is 2. The number of methoxy groups -OCH3 is 2. The van der Waals surface area contributed by atoms with Gasteiger partial charge in [0.2, 0.25) is 0 Å². The SMILES string of the molecule is COC(=O)c1cccc(N)c1N.COC(=O)c1cccc2[nH]c(-c3ccc(NCc4cccc(C)c4)nc3)nc12.Cc1cccc(CNc2ccc(-c3nc4c(C(=O)O)cccc4[nH]3)cn2)c1.Cc1cccc(CNc2ccc(C(=O)O)cn2)c1. The molecule has 0 unspecified atom stereocenters. The van der Waals surface area contributed by atoms with Crippen molar-refractivity contribution >= 4 is 74.8 Å². The number of fused-ring (bicyclic) bond motifs is 2. The predicted molar refractivity (Wildman–Crippen MR) is 330 cm³/mol. The first-order chi connectivity index (χ1) is 41.0. The van der Waals surface area contributed by atoms with Crippen molar-refractivity contribution in [2.75, 3.05) is 41.6 Å². The second-order valence-electron chi connectivity index (χ2n) is 19.3. The molecule has 0 atom stereocenters. The van der Waals surface area contributed by atoms with Crippen LogP contribution in [0.2, 0.25) is 0 Å². The lowest BCUT2D eigenvalue weighted by molar-refractivity contribution is 0.0593. The Balaban J connectivity index is 0.000000154. The first-order valence-corrected chi connectivity index (χ1v) is 26.6. The molecule has 11 aromatic rings. The molecular formula is C65H62N12O8. The van der Waals surface area contributed by atoms with Crippen LogP contribution in [0.25, 0.3) is 44.8 Å². The van der Waals surface area contributed by atoms with E-state index in [1.54, 1.807) is 60.9 Å². The third kappa shape index (κ3) is 16.2. The highest BCUT2D eigenvalue weighted by molar-refractivity contribution is 6.03. The van der Waals surface area contributed by atoms with Crippen molar-refractivity contribution in [1.82, 2.24) is 34.9 Å². The largest absolute Gasteiger partial charge is 0.478 e. The van der Waals surface area contributed by atoms with E-state index in [0.29, 0.717) is 70.5 Å². The van der Waals surface area contributed by atoms with Crippen molar-refractivity contribution in [2.24, 2.45) is 0 Å². The van der Waals surface area contributed by atoms with Crippen LogP contribution in [0.5, 0.6) is 0 Å². The molecule has 11 rings (SSSR count). The smallest absolute Gasteiger partial charge is 0.340 e. The van der Waals surface area contributed by atoms with Crippen LogP contribution < -0.4 is 27.4 Å². The van der Waals surface area contributed by atoms with E-state index < -0.39 is 23.9 Å². The Morgan fingerprint density at radius 3 is 1.27 bits per heavy atom. The number of carboxylic acids is 2. The molecule has 11 N–H and O–H groups in total. The Kier molecular flexibility index (Phi) is 19.9. The van der Waals surface area contributed by atoms with Crippen LogP contribution in [-0.2, 0) is 29.1 Å². The fourth-order valence-corrected chi connectivity index (χ4v) is 8.60. The monoisotopic (exact) mass is 1140 g/mol. The molecule has 0 aliphatic rings. The zero-order valence-corrected chi connectivity index (χ0v) is 47.2. The normalized spacial score (nSPS) is 10.5. The zero-order chi connectivity index (χ0) is 60.4. The van der Waals surface area contributed by atoms with E-state index in [9.17, 15) is 24.3 Å². The second-order valence-corrected chi connectivity index (χ2v) is 19.3. The number of carboxylic acid groups (broad SMARTS) is 2. The molecule has 0 saturated heterocycles. The molecule has 430 valence electrons. The van der Waals surface area contributed by atoms with E-state index in [-0.39, 0.29) is 16.8 Å². The predicted octanol–water partition coefficient (Wildman–Crippen LogP) is 11.9. The van der Waals surface area contributed by atoms with Gasteiger partial charge in [0.1, 0.15) is 40.1 Å². The van der Waals surface area contributed by atoms with Crippen LogP contribution in [-0.4, -0.2) is 83.2 Å². The van der Waals surface area contributed by atoms with Gasteiger partial charge in [-0.05, 0) is 110 Å². The lowest BCUT2D eigenvalue weighted by Crippen LogP contribution is -2.07. The summed E-state index contributed by atoms with van der Waals surface area (Å²) in [5.41, 5.74) is 24.2. The maximum atomic E-state index is 11.9. The summed E-state index contributed by atoms with van der Waals surface area (Å²) in [6.07, 6.45) is 4.83. The zero-order valence-electron chi connectivity index (χ0n) is 47.2. The Morgan fingerprint density at radius 2 is 0.871 bits per heavy atom. The quantitative estimate of drug-likeness (QED) is 0.0340. The Labute approximate surface area is 489 Å². The third-order valence-corrected chi connectivity index (χ3v) is 13.0. The van der Waals surface area contributed by atoms with Gasteiger partial charge in [-0.15, -0.1) is 0 Å². The number of H-pyrrole nitrogens is 2. The number of esters is 2. The number of para-hydroxylation sites is 3. The third-order valence-electron chi connectivity index (χ3n) is 13.0. The average molecular weight is 1140 g/mol. The maximum absolute atomic E-state index is 11.9. The van der Waals surface area contributed by atoms with Gasteiger partial charge < -0.3 is 57.1 Å². The van der Waals surface area contributed by atoms with Gasteiger partial charge in [-0.3, -0.25) is 0 Å². The number of rotatable bonds is 15. The maximum Gasteiger partial charge on any atom is 0.340 e. The Morgan fingerprint density at radius 1 is 0.471 bits per heavy atom. The van der Waals surface area contributed by atoms with Gasteiger partial charge in [-0.2, -0.15) is 0 Å². The minimum atomic E-state index is -0.993. The number of hydrogen-bond acceptors (Lipinski definition) is 16. The summed E-state index contributed by atoms with van der Waals surface area (Å²) in [5, 5.41) is 27.8. The lowest BCUT2D eigenvalue weighted by atomic mass is 10.1. The number of aromatic amines is 2. The number of anilines is 5. The molecule has 0 bridgehead atoms. The van der Waals surface area contributed by atoms with Gasteiger partial charge in [0.15, 0.2) is 0 Å². The van der Waals surface area contributed by atoms with E-state index in [1.165, 1.54) is 59.9 Å². The van der Waals surface area contributed by atoms with Gasteiger partial charge in [0, 0.05) is 49.4 Å². The van der Waals surface area contributed by atoms with E-state index in [4.69, 9.17) is 21.3 Å². The molecular weight excluding hydrogens is 1080 g/mol. The molecule has 0 radical (unpaired) electrons. The molecule has 85 heavy (non-hydrogen) atoms. The van der Waals surface area contributed by atoms with E-state index in [2.05, 4.69) is 112 Å². The molecule has 0 aliphatic heterocycles. The molecule has 6 aromatic carbocycles. The van der Waals surface area contributed by atoms with E-state index in [0.717, 1.165) is 28.3 Å². The number of nitrogens with two attached hydrogens (primary N) is 2. The summed E-state index contributed by atoms with van der Waals surface area (Å²) in [7, 11) is 2.66. The van der Waals surface area contributed by atoms with Crippen LogP contribution in [0, 0.1) is 20.8 Å². The van der Waals surface area contributed by atoms with Gasteiger partial charge in [-0.25, -0.2) is 44.1 Å². The van der Waals surface area contributed by atoms with Crippen molar-refractivity contribution in [3.05, 3.63) is 238 Å². The number of nitrogens with zero attached hydrogens (tertiary/aromatic N) is 5. The summed E-state index contributed by atoms with van der Waals surface area (Å²) in [6.45, 7) is 8.27. The molecule has 0 aliphatic carbocycles. The number of aryl methyl sites for hydroxylation is 3. The van der Waals surface area contributed by atoms with Crippen molar-refractivity contribution < 1.29 is 38.9 Å². The van der Waals surface area contributed by atoms with Crippen LogP contribution in [0.1, 0.15) is 74.8 Å². The number of pyridine rings is 3. The average Bonchev–Trinajstić information content (AvgIpc) is 2.75. The highest BCUT2D eigenvalue weighted by Gasteiger charge is 2.17. The van der Waals surface area contributed by atoms with Crippen molar-refractivity contribution in [2.45, 2.75) is 40.4 Å². The second kappa shape index (κ2) is 28.3. The first kappa shape index (κ1) is 59.7. The van der Waals surface area contributed by atoms with Crippen molar-refractivity contribution in [1.29, 1.82) is 0 Å². The van der Waals surface area contributed by atoms with Crippen LogP contribution in [0.15, 0.2) is 182 Å². The molecule has 5 heterocycles. The molecule has 5 aromatic heterocycles. The van der Waals surface area contributed by atoms with Crippen LogP contribution in [0.4, 0.5) is 28.8 Å². The molecule has 0 amide bonds. The summed E-state index contributed by atoms with van der Waals surface area (Å²) in [4.78, 5) is 73.3. The van der Waals surface area contributed by atoms with E-state index >= 15 is 0 Å². The molecule has 0 saturated carbocycles. The Hall–Kier alpha value is -11.4. The topological polar surface area (TPSA) is 311 Å². The summed E-state index contributed by atoms with van der Waals surface area (Å²) in [6, 6.07) is 51.0. The van der Waals surface area contributed by atoms with E-state index in [1.807, 2.05) is 73.7 Å². The summed E-state index contributed by atoms with van der Waals surface area (Å²) < 4.78 is 9.33. The van der Waals surface area contributed by atoms with Gasteiger partial charge in [0.05, 0.1) is 58.9 Å². The van der Waals surface area contributed by atoms with Crippen molar-refractivity contribution in [3.8, 4) is 22.8 Å². The minimum absolute atomic E-state index is 0.180. The molecule has 0 fully saturated rings. The molecule has 20 nitrogen and oxygen atoms in total. The highest BCUT2D eigenvalue weighted by atomic mass is 16.5. The number of aromatic nitrogens is 7. The number of hydrogen-bond donors (Lipinski definition) is 9. The number of carbonyl (C=O) groups is 4. The minimum Gasteiger partial charge on any atom is -0.478 e. The number of imidazole rings is 2. The molecule has 0 spiro atoms. The standard InChI is InChI=1S/C22H20N4O2.C21H18N4O2.C14H14N2O2.C8H10N2O2/c1-14-5-3-6-15(11-14)12-23-19-10-9-16(13-24-19)21-25-18-8-4-7-17(20(18)26-21)22(27)28-2;1-13-4-2-5-14(10-13)11-22-18-9-8-15(12-23-18)20-24-17-7-3-6-16(21(26)27)19(17)25-20;1-10-3-2-4-11(7-10)8-15-13-6-5-12(9-16-13)14(17)18;1-12-8(11)5-3-2-4-6(9)7(5)10/h3-11,13H,12H2,1-2H3,(H,23,24)(H,25,26);2-10,12H,11H2,1H3,(H,22,23)(H,24,25)(H,26,27);2-7,9H,8H2,1H3,(H,15,16)(H,17,18);2-4H,9-10H2,1H3. The van der Waals surface area contributed by atoms with Crippen LogP contribution in [0.3, 0.4) is 0 Å². The lowest BCUT2D eigenvalue weighted by Gasteiger charge is -2.07. The van der Waals surface area contributed by atoms with Crippen LogP contribution >= 0.6 is 0 Å². The number of carbonyl (C=O) groups excluding carboxylic acids is 2. The number of aromatic carboxylic acids is 2. The fourth-order valence-electron chi connectivity index (χ4n) is 8.60. The van der Waals surface area contributed by atoms with Gasteiger partial charge in [0.25, 0.3) is 0 Å². The van der Waals surface area contributed by atoms with Crippen molar-refractivity contribution in [3.63, 3.8) is 0 Å². The highest BCUT2D eigenvalue weighted by Crippen LogP contribution is 2.26. The summed E-state index contributed by atoms with van der Waals surface area (Å²) in [5.74, 6) is 0.638. The van der Waals surface area contributed by atoms with Gasteiger partial charge >= 0.3 is 23.9 Å². The number of ether oxygens (including phenoxy) is 2.